The van der Waals surface area contributed by atoms with Crippen LogP contribution in [0.15, 0.2) is 17.8 Å². The lowest BCUT2D eigenvalue weighted by Crippen LogP contribution is -2.24. The quantitative estimate of drug-likeness (QED) is 0.489. The van der Waals surface area contributed by atoms with Crippen LogP contribution in [0.25, 0.3) is 0 Å². The topological polar surface area (TPSA) is 47.9 Å². The Hall–Kier alpha value is -1.32. The highest BCUT2D eigenvalue weighted by atomic mass is 16.7. The fourth-order valence-electron chi connectivity index (χ4n) is 0.990. The van der Waals surface area contributed by atoms with Gasteiger partial charge in [0.25, 0.3) is 0 Å². The van der Waals surface area contributed by atoms with E-state index in [-0.39, 0.29) is 0 Å². The van der Waals surface area contributed by atoms with E-state index in [0.29, 0.717) is 18.7 Å². The molecule has 0 N–H and O–H groups in total. The molecule has 1 aliphatic heterocycles. The van der Waals surface area contributed by atoms with Gasteiger partial charge in [0.2, 0.25) is 0 Å². The van der Waals surface area contributed by atoms with Crippen molar-refractivity contribution >= 4 is 11.7 Å². The van der Waals surface area contributed by atoms with E-state index in [0.717, 1.165) is 0 Å². The minimum absolute atomic E-state index is 0.323. The van der Waals surface area contributed by atoms with Gasteiger partial charge >= 0.3 is 5.97 Å². The van der Waals surface area contributed by atoms with E-state index >= 15 is 0 Å². The Balaban J connectivity index is 2.58. The van der Waals surface area contributed by atoms with Gasteiger partial charge in [0.15, 0.2) is 11.3 Å². The fourth-order valence-corrected chi connectivity index (χ4v) is 0.990. The first-order valence-corrected chi connectivity index (χ1v) is 4.17. The zero-order chi connectivity index (χ0) is 9.90. The Labute approximate surface area is 77.2 Å². The number of ether oxygens (including phenoxy) is 1. The van der Waals surface area contributed by atoms with Crippen LogP contribution in [-0.2, 0) is 14.4 Å². The third-order valence-electron chi connectivity index (χ3n) is 1.83. The van der Waals surface area contributed by atoms with Gasteiger partial charge in [0, 0.05) is 6.42 Å². The molecule has 1 aliphatic rings. The molecule has 72 valence electrons. The number of carbonyl (C=O) groups is 1. The maximum atomic E-state index is 11.2. The van der Waals surface area contributed by atoms with Crippen molar-refractivity contribution < 1.29 is 14.4 Å². The highest BCUT2D eigenvalue weighted by Gasteiger charge is 2.34. The standard InChI is InChI=1S/C9H13NO3/c1-4-9(3)6-7(10-13-9)8(11)12-5-2/h4H,1,5-6H2,2-3H3. The molecule has 4 nitrogen and oxygen atoms in total. The molecule has 0 aliphatic carbocycles. The second-order valence-electron chi connectivity index (χ2n) is 3.04. The maximum absolute atomic E-state index is 11.2. The van der Waals surface area contributed by atoms with Crippen LogP contribution in [0.3, 0.4) is 0 Å². The Morgan fingerprint density at radius 3 is 3.08 bits per heavy atom. The number of oxime groups is 1. The van der Waals surface area contributed by atoms with E-state index in [9.17, 15) is 4.79 Å². The fraction of sp³-hybridized carbons (Fsp3) is 0.556. The number of rotatable bonds is 3. The number of nitrogens with zero attached hydrogens (tertiary/aromatic N) is 1. The molecule has 0 radical (unpaired) electrons. The minimum Gasteiger partial charge on any atom is -0.461 e. The van der Waals surface area contributed by atoms with Crippen molar-refractivity contribution in [3.05, 3.63) is 12.7 Å². The van der Waals surface area contributed by atoms with Crippen molar-refractivity contribution in [2.75, 3.05) is 6.61 Å². The van der Waals surface area contributed by atoms with Crippen LogP contribution in [-0.4, -0.2) is 23.9 Å². The third kappa shape index (κ3) is 2.08. The molecule has 1 atom stereocenters. The van der Waals surface area contributed by atoms with Crippen LogP contribution in [0.5, 0.6) is 0 Å². The average molecular weight is 183 g/mol. The molecule has 1 rings (SSSR count). The number of hydrogen-bond donors (Lipinski definition) is 0. The second kappa shape index (κ2) is 3.60. The van der Waals surface area contributed by atoms with Gasteiger partial charge in [0.05, 0.1) is 6.61 Å². The summed E-state index contributed by atoms with van der Waals surface area (Å²) >= 11 is 0. The van der Waals surface area contributed by atoms with Crippen LogP contribution in [0.4, 0.5) is 0 Å². The summed E-state index contributed by atoms with van der Waals surface area (Å²) < 4.78 is 4.78. The molecule has 0 saturated carbocycles. The van der Waals surface area contributed by atoms with Crippen molar-refractivity contribution in [2.24, 2.45) is 5.16 Å². The van der Waals surface area contributed by atoms with Crippen molar-refractivity contribution in [3.8, 4) is 0 Å². The first-order valence-electron chi connectivity index (χ1n) is 4.17. The summed E-state index contributed by atoms with van der Waals surface area (Å²) in [6.45, 7) is 7.52. The van der Waals surface area contributed by atoms with Gasteiger partial charge in [-0.25, -0.2) is 4.79 Å². The van der Waals surface area contributed by atoms with Crippen molar-refractivity contribution in [3.63, 3.8) is 0 Å². The zero-order valence-electron chi connectivity index (χ0n) is 7.87. The summed E-state index contributed by atoms with van der Waals surface area (Å²) in [6, 6.07) is 0. The molecular weight excluding hydrogens is 170 g/mol. The summed E-state index contributed by atoms with van der Waals surface area (Å²) in [7, 11) is 0. The monoisotopic (exact) mass is 183 g/mol. The molecular formula is C9H13NO3. The average Bonchev–Trinajstić information content (AvgIpc) is 2.50. The van der Waals surface area contributed by atoms with Crippen LogP contribution in [0.2, 0.25) is 0 Å². The van der Waals surface area contributed by atoms with E-state index in [1.807, 2.05) is 6.92 Å². The minimum atomic E-state index is -0.553. The summed E-state index contributed by atoms with van der Waals surface area (Å²) in [4.78, 5) is 16.2. The normalized spacial score (nSPS) is 26.2. The summed E-state index contributed by atoms with van der Waals surface area (Å²) in [5.41, 5.74) is -0.230. The lowest BCUT2D eigenvalue weighted by molar-refractivity contribution is -0.135. The molecule has 0 amide bonds. The smallest absolute Gasteiger partial charge is 0.356 e. The van der Waals surface area contributed by atoms with Crippen LogP contribution >= 0.6 is 0 Å². The Kier molecular flexibility index (Phi) is 2.70. The highest BCUT2D eigenvalue weighted by molar-refractivity contribution is 6.36. The molecule has 0 aromatic carbocycles. The lowest BCUT2D eigenvalue weighted by atomic mass is 10.0. The zero-order valence-corrected chi connectivity index (χ0v) is 7.87. The molecule has 0 aromatic heterocycles. The van der Waals surface area contributed by atoms with E-state index in [1.165, 1.54) is 0 Å². The van der Waals surface area contributed by atoms with E-state index in [4.69, 9.17) is 9.57 Å². The Morgan fingerprint density at radius 2 is 2.62 bits per heavy atom. The molecule has 0 aromatic rings. The molecule has 0 bridgehead atoms. The van der Waals surface area contributed by atoms with Gasteiger partial charge < -0.3 is 9.57 Å². The second-order valence-corrected chi connectivity index (χ2v) is 3.04. The molecule has 0 saturated heterocycles. The van der Waals surface area contributed by atoms with Gasteiger partial charge in [-0.15, -0.1) is 0 Å². The molecule has 0 fully saturated rings. The van der Waals surface area contributed by atoms with Crippen LogP contribution in [0, 0.1) is 0 Å². The first-order chi connectivity index (χ1) is 6.11. The molecule has 4 heteroatoms. The summed E-state index contributed by atoms with van der Waals surface area (Å²) in [5.74, 6) is -0.409. The molecule has 13 heavy (non-hydrogen) atoms. The first kappa shape index (κ1) is 9.77. The largest absolute Gasteiger partial charge is 0.461 e. The van der Waals surface area contributed by atoms with E-state index in [1.54, 1.807) is 13.0 Å². The van der Waals surface area contributed by atoms with Gasteiger partial charge in [-0.05, 0) is 19.9 Å². The van der Waals surface area contributed by atoms with E-state index < -0.39 is 11.6 Å². The summed E-state index contributed by atoms with van der Waals surface area (Å²) in [6.07, 6.45) is 2.05. The summed E-state index contributed by atoms with van der Waals surface area (Å²) in [5, 5.41) is 3.65. The van der Waals surface area contributed by atoms with Crippen LogP contribution < -0.4 is 0 Å². The molecule has 0 spiro atoms. The Bertz CT molecular complexity index is 260. The van der Waals surface area contributed by atoms with Crippen molar-refractivity contribution in [1.29, 1.82) is 0 Å². The Morgan fingerprint density at radius 1 is 1.92 bits per heavy atom. The predicted octanol–water partition coefficient (Wildman–Crippen LogP) is 1.27. The predicted molar refractivity (Wildman–Crippen MR) is 48.4 cm³/mol. The van der Waals surface area contributed by atoms with Gasteiger partial charge in [-0.3, -0.25) is 0 Å². The van der Waals surface area contributed by atoms with Crippen molar-refractivity contribution in [1.82, 2.24) is 0 Å². The third-order valence-corrected chi connectivity index (χ3v) is 1.83. The van der Waals surface area contributed by atoms with Gasteiger partial charge in [-0.2, -0.15) is 0 Å². The van der Waals surface area contributed by atoms with E-state index in [2.05, 4.69) is 11.7 Å². The molecule has 1 heterocycles. The number of esters is 1. The number of carbonyl (C=O) groups excluding carboxylic acids is 1. The maximum Gasteiger partial charge on any atom is 0.356 e. The highest BCUT2D eigenvalue weighted by Crippen LogP contribution is 2.24. The van der Waals surface area contributed by atoms with Gasteiger partial charge in [0.1, 0.15) is 0 Å². The van der Waals surface area contributed by atoms with Crippen LogP contribution in [0.1, 0.15) is 20.3 Å². The lowest BCUT2D eigenvalue weighted by Gasteiger charge is -2.14. The van der Waals surface area contributed by atoms with Gasteiger partial charge in [-0.1, -0.05) is 11.7 Å². The molecule has 1 unspecified atom stereocenters. The van der Waals surface area contributed by atoms with Crippen molar-refractivity contribution in [2.45, 2.75) is 25.9 Å². The SMILES string of the molecule is C=CC1(C)CC(C(=O)OCC)=NO1. The number of hydrogen-bond acceptors (Lipinski definition) is 4.